The van der Waals surface area contributed by atoms with E-state index in [1.165, 1.54) is 22.4 Å². The van der Waals surface area contributed by atoms with Crippen molar-refractivity contribution < 1.29 is 0 Å². The second-order valence-corrected chi connectivity index (χ2v) is 5.96. The molecule has 0 saturated heterocycles. The van der Waals surface area contributed by atoms with Crippen LogP contribution < -0.4 is 5.32 Å². The van der Waals surface area contributed by atoms with Crippen molar-refractivity contribution in [3.05, 3.63) is 41.2 Å². The summed E-state index contributed by atoms with van der Waals surface area (Å²) >= 11 is 0. The van der Waals surface area contributed by atoms with E-state index >= 15 is 0 Å². The summed E-state index contributed by atoms with van der Waals surface area (Å²) < 4.78 is 2.14. The molecule has 1 N–H and O–H groups in total. The quantitative estimate of drug-likeness (QED) is 0.867. The molecule has 2 aromatic rings. The number of hydrogen-bond donors (Lipinski definition) is 1. The molecule has 1 heterocycles. The third-order valence-corrected chi connectivity index (χ3v) is 3.80. The first-order valence-electron chi connectivity index (χ1n) is 7.90. The average Bonchev–Trinajstić information content (AvgIpc) is 2.72. The molecule has 0 amide bonds. The summed E-state index contributed by atoms with van der Waals surface area (Å²) in [7, 11) is 0. The minimum absolute atomic E-state index is 0.489. The molecule has 0 saturated carbocycles. The van der Waals surface area contributed by atoms with Crippen molar-refractivity contribution in [3.8, 4) is 11.1 Å². The number of nitrogens with one attached hydrogen (secondary N) is 1. The van der Waals surface area contributed by atoms with Crippen LogP contribution in [-0.2, 0) is 13.1 Å². The highest BCUT2D eigenvalue weighted by Gasteiger charge is 2.15. The second kappa shape index (κ2) is 6.90. The van der Waals surface area contributed by atoms with E-state index in [4.69, 9.17) is 5.10 Å². The molecule has 0 radical (unpaired) electrons. The van der Waals surface area contributed by atoms with Gasteiger partial charge in [0.2, 0.25) is 0 Å². The largest absolute Gasteiger partial charge is 0.310 e. The van der Waals surface area contributed by atoms with Crippen molar-refractivity contribution >= 4 is 0 Å². The molecular formula is C18H27N3. The van der Waals surface area contributed by atoms with Gasteiger partial charge in [-0.15, -0.1) is 0 Å². The van der Waals surface area contributed by atoms with Crippen molar-refractivity contribution in [2.75, 3.05) is 0 Å². The Bertz CT molecular complexity index is 597. The minimum Gasteiger partial charge on any atom is -0.310 e. The lowest BCUT2D eigenvalue weighted by molar-refractivity contribution is 0.583. The van der Waals surface area contributed by atoms with Gasteiger partial charge in [0.15, 0.2) is 0 Å². The molecule has 0 unspecified atom stereocenters. The second-order valence-electron chi connectivity index (χ2n) is 5.96. The van der Waals surface area contributed by atoms with Gasteiger partial charge in [-0.1, -0.05) is 45.0 Å². The first kappa shape index (κ1) is 15.8. The van der Waals surface area contributed by atoms with E-state index in [-0.39, 0.29) is 0 Å². The molecule has 1 aromatic carbocycles. The molecule has 1 aromatic heterocycles. The molecule has 0 aliphatic heterocycles. The Kier molecular flexibility index (Phi) is 5.18. The molecule has 0 bridgehead atoms. The average molecular weight is 285 g/mol. The number of hydrogen-bond acceptors (Lipinski definition) is 2. The Morgan fingerprint density at radius 1 is 1.19 bits per heavy atom. The van der Waals surface area contributed by atoms with Crippen LogP contribution in [0.25, 0.3) is 11.1 Å². The number of nitrogens with zero attached hydrogens (tertiary/aromatic N) is 2. The third-order valence-electron chi connectivity index (χ3n) is 3.80. The SMILES string of the molecule is CCCn1nc(C)c(-c2ccccc2CNC(C)C)c1C. The lowest BCUT2D eigenvalue weighted by Gasteiger charge is -2.13. The fraction of sp³-hybridized carbons (Fsp3) is 0.500. The molecule has 0 spiro atoms. The van der Waals surface area contributed by atoms with Crippen LogP contribution >= 0.6 is 0 Å². The standard InChI is InChI=1S/C18H27N3/c1-6-11-21-15(5)18(14(4)20-21)17-10-8-7-9-16(17)12-19-13(2)3/h7-10,13,19H,6,11-12H2,1-5H3. The lowest BCUT2D eigenvalue weighted by Crippen LogP contribution is -2.22. The van der Waals surface area contributed by atoms with E-state index in [2.05, 4.69) is 68.9 Å². The van der Waals surface area contributed by atoms with Crippen LogP contribution in [0.5, 0.6) is 0 Å². The highest BCUT2D eigenvalue weighted by atomic mass is 15.3. The van der Waals surface area contributed by atoms with Crippen LogP contribution in [0, 0.1) is 13.8 Å². The Hall–Kier alpha value is -1.61. The Balaban J connectivity index is 2.42. The summed E-state index contributed by atoms with van der Waals surface area (Å²) in [6.07, 6.45) is 1.11. The van der Waals surface area contributed by atoms with Crippen molar-refractivity contribution in [2.45, 2.75) is 60.2 Å². The zero-order valence-electron chi connectivity index (χ0n) is 13.9. The number of benzene rings is 1. The van der Waals surface area contributed by atoms with Gasteiger partial charge in [-0.3, -0.25) is 4.68 Å². The van der Waals surface area contributed by atoms with Crippen molar-refractivity contribution in [3.63, 3.8) is 0 Å². The highest BCUT2D eigenvalue weighted by molar-refractivity contribution is 5.71. The molecule has 3 nitrogen and oxygen atoms in total. The molecule has 21 heavy (non-hydrogen) atoms. The fourth-order valence-corrected chi connectivity index (χ4v) is 2.75. The smallest absolute Gasteiger partial charge is 0.0675 e. The fourth-order valence-electron chi connectivity index (χ4n) is 2.75. The zero-order valence-corrected chi connectivity index (χ0v) is 13.9. The van der Waals surface area contributed by atoms with Crippen LogP contribution in [0.4, 0.5) is 0 Å². The summed E-state index contributed by atoms with van der Waals surface area (Å²) in [6, 6.07) is 9.14. The van der Waals surface area contributed by atoms with Crippen LogP contribution in [0.3, 0.4) is 0 Å². The summed E-state index contributed by atoms with van der Waals surface area (Å²) in [5, 5.41) is 8.22. The summed E-state index contributed by atoms with van der Waals surface area (Å²) in [5.41, 5.74) is 6.34. The number of aromatic nitrogens is 2. The van der Waals surface area contributed by atoms with Crippen molar-refractivity contribution in [2.24, 2.45) is 0 Å². The summed E-state index contributed by atoms with van der Waals surface area (Å²) in [5.74, 6) is 0. The molecular weight excluding hydrogens is 258 g/mol. The first-order chi connectivity index (χ1) is 10.0. The number of rotatable bonds is 6. The maximum Gasteiger partial charge on any atom is 0.0675 e. The topological polar surface area (TPSA) is 29.9 Å². The van der Waals surface area contributed by atoms with Gasteiger partial charge < -0.3 is 5.32 Å². The van der Waals surface area contributed by atoms with Gasteiger partial charge in [0, 0.05) is 30.4 Å². The minimum atomic E-state index is 0.489. The summed E-state index contributed by atoms with van der Waals surface area (Å²) in [6.45, 7) is 12.7. The van der Waals surface area contributed by atoms with Gasteiger partial charge in [-0.2, -0.15) is 5.10 Å². The van der Waals surface area contributed by atoms with Gasteiger partial charge in [-0.05, 0) is 31.4 Å². The van der Waals surface area contributed by atoms with Gasteiger partial charge in [0.25, 0.3) is 0 Å². The van der Waals surface area contributed by atoms with E-state index in [1.807, 2.05) is 0 Å². The van der Waals surface area contributed by atoms with Crippen LogP contribution in [-0.4, -0.2) is 15.8 Å². The third kappa shape index (κ3) is 3.53. The van der Waals surface area contributed by atoms with E-state index in [1.54, 1.807) is 0 Å². The van der Waals surface area contributed by atoms with Crippen LogP contribution in [0.1, 0.15) is 44.1 Å². The van der Waals surface area contributed by atoms with Crippen molar-refractivity contribution in [1.29, 1.82) is 0 Å². The van der Waals surface area contributed by atoms with Crippen molar-refractivity contribution in [1.82, 2.24) is 15.1 Å². The van der Waals surface area contributed by atoms with E-state index in [0.29, 0.717) is 6.04 Å². The Morgan fingerprint density at radius 3 is 2.57 bits per heavy atom. The lowest BCUT2D eigenvalue weighted by atomic mass is 9.98. The summed E-state index contributed by atoms with van der Waals surface area (Å²) in [4.78, 5) is 0. The molecule has 2 rings (SSSR count). The molecule has 114 valence electrons. The Labute approximate surface area is 128 Å². The maximum atomic E-state index is 4.71. The highest BCUT2D eigenvalue weighted by Crippen LogP contribution is 2.30. The van der Waals surface area contributed by atoms with E-state index in [0.717, 1.165) is 25.2 Å². The monoisotopic (exact) mass is 285 g/mol. The Morgan fingerprint density at radius 2 is 1.90 bits per heavy atom. The molecule has 0 aliphatic carbocycles. The van der Waals surface area contributed by atoms with Crippen LogP contribution in [0.15, 0.2) is 24.3 Å². The molecule has 0 aliphatic rings. The predicted molar refractivity (Wildman–Crippen MR) is 89.4 cm³/mol. The number of aryl methyl sites for hydroxylation is 2. The van der Waals surface area contributed by atoms with Gasteiger partial charge in [-0.25, -0.2) is 0 Å². The predicted octanol–water partition coefficient (Wildman–Crippen LogP) is 4.07. The maximum absolute atomic E-state index is 4.71. The van der Waals surface area contributed by atoms with Gasteiger partial charge in [0.05, 0.1) is 5.69 Å². The van der Waals surface area contributed by atoms with E-state index in [9.17, 15) is 0 Å². The molecule has 3 heteroatoms. The first-order valence-corrected chi connectivity index (χ1v) is 7.90. The van der Waals surface area contributed by atoms with Gasteiger partial charge >= 0.3 is 0 Å². The molecule has 0 atom stereocenters. The van der Waals surface area contributed by atoms with Crippen LogP contribution in [0.2, 0.25) is 0 Å². The zero-order chi connectivity index (χ0) is 15.4. The van der Waals surface area contributed by atoms with E-state index < -0.39 is 0 Å². The van der Waals surface area contributed by atoms with Gasteiger partial charge in [0.1, 0.15) is 0 Å². The molecule has 0 fully saturated rings. The normalized spacial score (nSPS) is 11.3.